The molecule has 22 heavy (non-hydrogen) atoms. The molecule has 0 aliphatic heterocycles. The van der Waals surface area contributed by atoms with E-state index in [9.17, 15) is 9.59 Å². The Bertz CT molecular complexity index is 676. The number of nitrogens with zero attached hydrogens (tertiary/aromatic N) is 1. The summed E-state index contributed by atoms with van der Waals surface area (Å²) in [4.78, 5) is 28.3. The Kier molecular flexibility index (Phi) is 4.56. The molecule has 0 aliphatic rings. The summed E-state index contributed by atoms with van der Waals surface area (Å²) in [5.74, 6) is -0.209. The van der Waals surface area contributed by atoms with Gasteiger partial charge < -0.3 is 4.74 Å². The largest absolute Gasteiger partial charge is 0.444 e. The molecule has 0 aliphatic carbocycles. The lowest BCUT2D eigenvalue weighted by atomic mass is 10.0. The van der Waals surface area contributed by atoms with Crippen LogP contribution in [-0.4, -0.2) is 22.5 Å². The van der Waals surface area contributed by atoms with E-state index in [2.05, 4.69) is 10.3 Å². The van der Waals surface area contributed by atoms with Crippen LogP contribution in [-0.2, 0) is 4.74 Å². The minimum atomic E-state index is -0.605. The van der Waals surface area contributed by atoms with Crippen LogP contribution < -0.4 is 5.32 Å². The quantitative estimate of drug-likeness (QED) is 0.878. The van der Waals surface area contributed by atoms with Gasteiger partial charge in [-0.1, -0.05) is 12.1 Å². The van der Waals surface area contributed by atoms with Crippen molar-refractivity contribution >= 4 is 17.6 Å². The zero-order chi connectivity index (χ0) is 16.2. The van der Waals surface area contributed by atoms with Gasteiger partial charge in [0, 0.05) is 23.5 Å². The molecular formula is C17H18N2O3. The van der Waals surface area contributed by atoms with Crippen LogP contribution in [0.5, 0.6) is 0 Å². The van der Waals surface area contributed by atoms with Crippen LogP contribution >= 0.6 is 0 Å². The van der Waals surface area contributed by atoms with E-state index in [-0.39, 0.29) is 5.78 Å². The van der Waals surface area contributed by atoms with Crippen LogP contribution in [0.3, 0.4) is 0 Å². The number of pyridine rings is 1. The van der Waals surface area contributed by atoms with E-state index in [1.807, 2.05) is 0 Å². The topological polar surface area (TPSA) is 68.3 Å². The van der Waals surface area contributed by atoms with Crippen molar-refractivity contribution in [1.29, 1.82) is 0 Å². The maximum absolute atomic E-state index is 12.5. The van der Waals surface area contributed by atoms with E-state index in [1.165, 1.54) is 6.20 Å². The van der Waals surface area contributed by atoms with Crippen LogP contribution in [0.15, 0.2) is 48.8 Å². The standard InChI is InChI=1S/C17H18N2O3/c1-17(2,3)22-16(21)19-14-9-5-4-8-13(14)15(20)12-7-6-10-18-11-12/h4-11H,1-3H3,(H,19,21). The number of para-hydroxylation sites is 1. The maximum atomic E-state index is 12.5. The fraction of sp³-hybridized carbons (Fsp3) is 0.235. The number of hydrogen-bond donors (Lipinski definition) is 1. The maximum Gasteiger partial charge on any atom is 0.412 e. The Balaban J connectivity index is 2.24. The van der Waals surface area contributed by atoms with Gasteiger partial charge in [0.05, 0.1) is 5.69 Å². The number of aromatic nitrogens is 1. The highest BCUT2D eigenvalue weighted by molar-refractivity contribution is 6.13. The molecule has 5 heteroatoms. The van der Waals surface area contributed by atoms with Gasteiger partial charge in [0.25, 0.3) is 0 Å². The molecule has 0 fully saturated rings. The number of anilines is 1. The van der Waals surface area contributed by atoms with Crippen LogP contribution in [0.1, 0.15) is 36.7 Å². The average molecular weight is 298 g/mol. The van der Waals surface area contributed by atoms with Gasteiger partial charge in [-0.15, -0.1) is 0 Å². The van der Waals surface area contributed by atoms with Crippen LogP contribution in [0.25, 0.3) is 0 Å². The molecule has 0 radical (unpaired) electrons. The monoisotopic (exact) mass is 298 g/mol. The summed E-state index contributed by atoms with van der Waals surface area (Å²) in [6, 6.07) is 10.2. The Hall–Kier alpha value is -2.69. The van der Waals surface area contributed by atoms with Gasteiger partial charge in [-0.2, -0.15) is 0 Å². The number of hydrogen-bond acceptors (Lipinski definition) is 4. The van der Waals surface area contributed by atoms with Crippen LogP contribution in [0, 0.1) is 0 Å². The van der Waals surface area contributed by atoms with E-state index in [0.29, 0.717) is 16.8 Å². The van der Waals surface area contributed by atoms with E-state index in [4.69, 9.17) is 4.74 Å². The van der Waals surface area contributed by atoms with Gasteiger partial charge in [0.15, 0.2) is 5.78 Å². The summed E-state index contributed by atoms with van der Waals surface area (Å²) in [5, 5.41) is 2.62. The average Bonchev–Trinajstić information content (AvgIpc) is 2.46. The number of carbonyl (C=O) groups excluding carboxylic acids is 2. The normalized spacial score (nSPS) is 10.9. The molecule has 5 nitrogen and oxygen atoms in total. The third kappa shape index (κ3) is 4.15. The summed E-state index contributed by atoms with van der Waals surface area (Å²) in [5.41, 5.74) is 0.653. The second-order valence-electron chi connectivity index (χ2n) is 5.74. The Morgan fingerprint density at radius 1 is 1.09 bits per heavy atom. The molecule has 2 rings (SSSR count). The summed E-state index contributed by atoms with van der Waals surface area (Å²) in [6.07, 6.45) is 2.49. The van der Waals surface area contributed by atoms with Crippen molar-refractivity contribution < 1.29 is 14.3 Å². The highest BCUT2D eigenvalue weighted by atomic mass is 16.6. The lowest BCUT2D eigenvalue weighted by Gasteiger charge is -2.20. The summed E-state index contributed by atoms with van der Waals surface area (Å²) in [7, 11) is 0. The van der Waals surface area contributed by atoms with E-state index in [0.717, 1.165) is 0 Å². The smallest absolute Gasteiger partial charge is 0.412 e. The second kappa shape index (κ2) is 6.39. The molecule has 0 saturated carbocycles. The lowest BCUT2D eigenvalue weighted by Crippen LogP contribution is -2.27. The summed E-state index contributed by atoms with van der Waals surface area (Å²) < 4.78 is 5.21. The van der Waals surface area contributed by atoms with Crippen LogP contribution in [0.4, 0.5) is 10.5 Å². The van der Waals surface area contributed by atoms with Gasteiger partial charge in [-0.3, -0.25) is 15.1 Å². The first kappa shape index (κ1) is 15.7. The number of amides is 1. The molecule has 2 aromatic rings. The lowest BCUT2D eigenvalue weighted by molar-refractivity contribution is 0.0636. The molecule has 1 amide bonds. The predicted molar refractivity (Wildman–Crippen MR) is 84.0 cm³/mol. The fourth-order valence-electron chi connectivity index (χ4n) is 1.86. The van der Waals surface area contributed by atoms with E-state index >= 15 is 0 Å². The fourth-order valence-corrected chi connectivity index (χ4v) is 1.86. The Morgan fingerprint density at radius 2 is 1.82 bits per heavy atom. The van der Waals surface area contributed by atoms with Crippen molar-refractivity contribution in [3.8, 4) is 0 Å². The molecule has 0 bridgehead atoms. The van der Waals surface area contributed by atoms with Crippen molar-refractivity contribution in [2.45, 2.75) is 26.4 Å². The van der Waals surface area contributed by atoms with E-state index < -0.39 is 11.7 Å². The first-order valence-electron chi connectivity index (χ1n) is 6.90. The minimum absolute atomic E-state index is 0.209. The number of ether oxygens (including phenoxy) is 1. The van der Waals surface area contributed by atoms with Gasteiger partial charge in [0.1, 0.15) is 5.60 Å². The molecule has 0 saturated heterocycles. The number of benzene rings is 1. The first-order valence-corrected chi connectivity index (χ1v) is 6.90. The van der Waals surface area contributed by atoms with Crippen molar-refractivity contribution in [2.75, 3.05) is 5.32 Å². The molecular weight excluding hydrogens is 280 g/mol. The molecule has 1 heterocycles. The van der Waals surface area contributed by atoms with Gasteiger partial charge in [-0.25, -0.2) is 4.79 Å². The molecule has 0 unspecified atom stereocenters. The molecule has 0 atom stereocenters. The van der Waals surface area contributed by atoms with Gasteiger partial charge in [0.2, 0.25) is 0 Å². The molecule has 1 aromatic heterocycles. The number of carbonyl (C=O) groups is 2. The SMILES string of the molecule is CC(C)(C)OC(=O)Nc1ccccc1C(=O)c1cccnc1. The number of ketones is 1. The molecule has 1 aromatic carbocycles. The minimum Gasteiger partial charge on any atom is -0.444 e. The Labute approximate surface area is 129 Å². The zero-order valence-electron chi connectivity index (χ0n) is 12.8. The molecule has 114 valence electrons. The Morgan fingerprint density at radius 3 is 2.45 bits per heavy atom. The number of nitrogens with one attached hydrogen (secondary N) is 1. The van der Waals surface area contributed by atoms with Gasteiger partial charge >= 0.3 is 6.09 Å². The zero-order valence-corrected chi connectivity index (χ0v) is 12.8. The van der Waals surface area contributed by atoms with Crippen molar-refractivity contribution in [3.63, 3.8) is 0 Å². The molecule has 1 N–H and O–H groups in total. The summed E-state index contributed by atoms with van der Waals surface area (Å²) >= 11 is 0. The van der Waals surface area contributed by atoms with Crippen LogP contribution in [0.2, 0.25) is 0 Å². The highest BCUT2D eigenvalue weighted by Gasteiger charge is 2.19. The third-order valence-corrected chi connectivity index (χ3v) is 2.73. The summed E-state index contributed by atoms with van der Waals surface area (Å²) in [6.45, 7) is 5.33. The third-order valence-electron chi connectivity index (χ3n) is 2.73. The van der Waals surface area contributed by atoms with Crippen molar-refractivity contribution in [2.24, 2.45) is 0 Å². The van der Waals surface area contributed by atoms with Gasteiger partial charge in [-0.05, 0) is 45.0 Å². The first-order chi connectivity index (χ1) is 10.4. The molecule has 0 spiro atoms. The number of rotatable bonds is 3. The van der Waals surface area contributed by atoms with Crippen molar-refractivity contribution in [1.82, 2.24) is 4.98 Å². The second-order valence-corrected chi connectivity index (χ2v) is 5.74. The highest BCUT2D eigenvalue weighted by Crippen LogP contribution is 2.20. The van der Waals surface area contributed by atoms with E-state index in [1.54, 1.807) is 63.4 Å². The predicted octanol–water partition coefficient (Wildman–Crippen LogP) is 3.66. The van der Waals surface area contributed by atoms with Crippen molar-refractivity contribution in [3.05, 3.63) is 59.9 Å².